The maximum Gasteiger partial charge on any atom is 0.267 e. The Morgan fingerprint density at radius 1 is 1.21 bits per heavy atom. The van der Waals surface area contributed by atoms with Gasteiger partial charge in [-0.25, -0.2) is 8.42 Å². The third-order valence-electron chi connectivity index (χ3n) is 4.01. The molecule has 0 spiro atoms. The van der Waals surface area contributed by atoms with Gasteiger partial charge in [-0.3, -0.25) is 9.80 Å². The lowest BCUT2D eigenvalue weighted by Crippen LogP contribution is -2.31. The molecule has 28 heavy (non-hydrogen) atoms. The summed E-state index contributed by atoms with van der Waals surface area (Å²) in [4.78, 5) is 10.9. The Kier molecular flexibility index (Phi) is 5.82. The summed E-state index contributed by atoms with van der Waals surface area (Å²) in [6, 6.07) is 13.7. The molecule has 1 heterocycles. The second kappa shape index (κ2) is 8.13. The number of benzene rings is 2. The van der Waals surface area contributed by atoms with E-state index in [-0.39, 0.29) is 18.1 Å². The molecule has 8 nitrogen and oxygen atoms in total. The molecule has 1 fully saturated rings. The van der Waals surface area contributed by atoms with Crippen LogP contribution in [0.1, 0.15) is 5.56 Å². The summed E-state index contributed by atoms with van der Waals surface area (Å²) in [5.74, 6) is 0.421. The third-order valence-corrected chi connectivity index (χ3v) is 6.41. The molecule has 10 heteroatoms. The number of hydrazine groups is 1. The molecule has 2 aromatic rings. The predicted octanol–water partition coefficient (Wildman–Crippen LogP) is 1.81. The summed E-state index contributed by atoms with van der Waals surface area (Å²) in [5, 5.41) is 1.51. The van der Waals surface area contributed by atoms with E-state index >= 15 is 0 Å². The molecule has 1 aliphatic rings. The van der Waals surface area contributed by atoms with Gasteiger partial charge in [0.15, 0.2) is 6.61 Å². The van der Waals surface area contributed by atoms with Crippen LogP contribution in [0.5, 0.6) is 11.5 Å². The Bertz CT molecular complexity index is 1010. The second-order valence-corrected chi connectivity index (χ2v) is 8.36. The smallest absolute Gasteiger partial charge is 0.267 e. The first-order valence-corrected chi connectivity index (χ1v) is 10.0. The zero-order valence-corrected chi connectivity index (χ0v) is 16.7. The number of para-hydroxylation sites is 2. The van der Waals surface area contributed by atoms with Gasteiger partial charge in [0.25, 0.3) is 15.9 Å². The van der Waals surface area contributed by atoms with Gasteiger partial charge in [-0.05, 0) is 35.9 Å². The van der Waals surface area contributed by atoms with Crippen molar-refractivity contribution in [3.05, 3.63) is 59.0 Å². The van der Waals surface area contributed by atoms with Gasteiger partial charge in [0, 0.05) is 0 Å². The number of carbonyl (C=O) groups is 1. The number of hydrogen-bond acceptors (Lipinski definition) is 7. The van der Waals surface area contributed by atoms with E-state index in [0.717, 1.165) is 3.82 Å². The first kappa shape index (κ1) is 20.1. The van der Waals surface area contributed by atoms with Crippen LogP contribution in [0.3, 0.4) is 0 Å². The fourth-order valence-corrected chi connectivity index (χ4v) is 4.33. The van der Waals surface area contributed by atoms with Crippen molar-refractivity contribution in [3.63, 3.8) is 0 Å². The monoisotopic (exact) mass is 421 g/mol. The molecule has 2 N–H and O–H groups in total. The number of primary amides is 1. The zero-order chi connectivity index (χ0) is 20.3. The minimum Gasteiger partial charge on any atom is -0.495 e. The number of thiol groups is 1. The molecule has 0 bridgehead atoms. The minimum absolute atomic E-state index is 0.103. The van der Waals surface area contributed by atoms with Crippen molar-refractivity contribution in [3.8, 4) is 11.5 Å². The molecule has 0 radical (unpaired) electrons. The molecule has 0 aliphatic carbocycles. The van der Waals surface area contributed by atoms with E-state index in [9.17, 15) is 13.2 Å². The van der Waals surface area contributed by atoms with Gasteiger partial charge in [-0.1, -0.05) is 40.9 Å². The SMILES string of the molecule is COc1ccccc1N1C/C(=C\c2ccc(OCC(N)=O)cc2)S(=O)(=O)N1S. The van der Waals surface area contributed by atoms with Crippen molar-refractivity contribution in [1.29, 1.82) is 0 Å². The third kappa shape index (κ3) is 4.08. The maximum atomic E-state index is 12.7. The van der Waals surface area contributed by atoms with Crippen molar-refractivity contribution in [2.24, 2.45) is 5.73 Å². The summed E-state index contributed by atoms with van der Waals surface area (Å²) < 4.78 is 36.9. The highest BCUT2D eigenvalue weighted by Gasteiger charge is 2.39. The topological polar surface area (TPSA) is 102 Å². The highest BCUT2D eigenvalue weighted by Crippen LogP contribution is 2.37. The van der Waals surface area contributed by atoms with E-state index in [4.69, 9.17) is 15.2 Å². The van der Waals surface area contributed by atoms with Crippen LogP contribution in [0.15, 0.2) is 53.4 Å². The van der Waals surface area contributed by atoms with Crippen LogP contribution in [0.25, 0.3) is 6.08 Å². The average molecular weight is 422 g/mol. The summed E-state index contributed by atoms with van der Waals surface area (Å²) >= 11 is 4.17. The van der Waals surface area contributed by atoms with Crippen LogP contribution in [-0.2, 0) is 14.8 Å². The predicted molar refractivity (Wildman–Crippen MR) is 109 cm³/mol. The zero-order valence-electron chi connectivity index (χ0n) is 15.0. The number of nitrogens with zero attached hydrogens (tertiary/aromatic N) is 2. The van der Waals surface area contributed by atoms with E-state index in [1.165, 1.54) is 12.1 Å². The largest absolute Gasteiger partial charge is 0.495 e. The Hall–Kier alpha value is -2.69. The van der Waals surface area contributed by atoms with E-state index in [0.29, 0.717) is 22.7 Å². The molecule has 1 amide bonds. The van der Waals surface area contributed by atoms with Crippen molar-refractivity contribution >= 4 is 40.5 Å². The van der Waals surface area contributed by atoms with Gasteiger partial charge < -0.3 is 15.2 Å². The number of amides is 1. The maximum absolute atomic E-state index is 12.7. The number of nitrogens with two attached hydrogens (primary N) is 1. The van der Waals surface area contributed by atoms with Gasteiger partial charge in [0.2, 0.25) is 0 Å². The number of carbonyl (C=O) groups excluding carboxylic acids is 1. The molecule has 0 aromatic heterocycles. The molecule has 0 atom stereocenters. The van der Waals surface area contributed by atoms with E-state index in [1.54, 1.807) is 54.6 Å². The quantitative estimate of drug-likeness (QED) is 0.690. The van der Waals surface area contributed by atoms with Gasteiger partial charge in [-0.15, -0.1) is 0 Å². The highest BCUT2D eigenvalue weighted by atomic mass is 32.3. The number of methoxy groups -OCH3 is 1. The second-order valence-electron chi connectivity index (χ2n) is 5.89. The van der Waals surface area contributed by atoms with E-state index in [2.05, 4.69) is 12.8 Å². The van der Waals surface area contributed by atoms with Gasteiger partial charge in [0.1, 0.15) is 11.5 Å². The summed E-state index contributed by atoms with van der Waals surface area (Å²) in [6.07, 6.45) is 1.56. The Morgan fingerprint density at radius 2 is 1.89 bits per heavy atom. The molecule has 0 unspecified atom stereocenters. The van der Waals surface area contributed by atoms with Gasteiger partial charge in [0.05, 0.1) is 24.2 Å². The van der Waals surface area contributed by atoms with Crippen molar-refractivity contribution in [2.45, 2.75) is 0 Å². The molecule has 148 valence electrons. The van der Waals surface area contributed by atoms with Crippen LogP contribution in [0, 0.1) is 0 Å². The molecular weight excluding hydrogens is 402 g/mol. The van der Waals surface area contributed by atoms with Crippen molar-refractivity contribution < 1.29 is 22.7 Å². The molecular formula is C18H19N3O5S2. The number of anilines is 1. The first-order valence-electron chi connectivity index (χ1n) is 8.19. The number of ether oxygens (including phenoxy) is 2. The minimum atomic E-state index is -3.78. The van der Waals surface area contributed by atoms with E-state index in [1.807, 2.05) is 0 Å². The van der Waals surface area contributed by atoms with Gasteiger partial charge >= 0.3 is 0 Å². The van der Waals surface area contributed by atoms with Gasteiger partial charge in [-0.2, -0.15) is 0 Å². The van der Waals surface area contributed by atoms with Crippen LogP contribution in [0.4, 0.5) is 5.69 Å². The molecule has 2 aromatic carbocycles. The Balaban J connectivity index is 1.87. The van der Waals surface area contributed by atoms with Crippen LogP contribution in [0.2, 0.25) is 0 Å². The molecule has 3 rings (SSSR count). The van der Waals surface area contributed by atoms with Crippen molar-refractivity contribution in [2.75, 3.05) is 25.3 Å². The number of hydrogen-bond donors (Lipinski definition) is 2. The number of rotatable bonds is 6. The normalized spacial score (nSPS) is 17.6. The Labute approximate surface area is 168 Å². The van der Waals surface area contributed by atoms with Crippen LogP contribution >= 0.6 is 12.8 Å². The highest BCUT2D eigenvalue weighted by molar-refractivity contribution is 8.02. The van der Waals surface area contributed by atoms with Crippen LogP contribution < -0.4 is 20.2 Å². The van der Waals surface area contributed by atoms with Crippen molar-refractivity contribution in [1.82, 2.24) is 3.82 Å². The fraction of sp³-hybridized carbons (Fsp3) is 0.167. The lowest BCUT2D eigenvalue weighted by atomic mass is 10.2. The molecule has 1 aliphatic heterocycles. The van der Waals surface area contributed by atoms with E-state index < -0.39 is 15.9 Å². The fourth-order valence-electron chi connectivity index (χ4n) is 2.67. The molecule has 1 saturated heterocycles. The summed E-state index contributed by atoms with van der Waals surface area (Å²) in [5.41, 5.74) is 6.28. The number of sulfonamides is 1. The standard InChI is InChI=1S/C18H19N3O5S2/c1-25-17-5-3-2-4-16(17)20-11-15(28(23,24)21(20)27)10-13-6-8-14(9-7-13)26-12-18(19)22/h2-10,27H,11-12H2,1H3,(H2,19,22)/b15-10+. The van der Waals surface area contributed by atoms with Crippen LogP contribution in [-0.4, -0.2) is 38.4 Å². The summed E-state index contributed by atoms with van der Waals surface area (Å²) in [7, 11) is -2.26. The lowest BCUT2D eigenvalue weighted by Gasteiger charge is -2.23. The Morgan fingerprint density at radius 3 is 2.54 bits per heavy atom. The first-order chi connectivity index (χ1) is 13.3. The summed E-state index contributed by atoms with van der Waals surface area (Å²) in [6.45, 7) is -0.122. The molecule has 0 saturated carbocycles. The lowest BCUT2D eigenvalue weighted by molar-refractivity contribution is -0.119. The average Bonchev–Trinajstić information content (AvgIpc) is 2.91.